The summed E-state index contributed by atoms with van der Waals surface area (Å²) < 4.78 is 125. The van der Waals surface area contributed by atoms with E-state index in [0.29, 0.717) is 0 Å². The summed E-state index contributed by atoms with van der Waals surface area (Å²) in [6.45, 7) is 0. The first kappa shape index (κ1) is 17.4. The molecule has 1 aromatic rings. The maximum Gasteiger partial charge on any atom is 0.458 e. The molecule has 0 aliphatic rings. The average Bonchev–Trinajstić information content (AvgIpc) is 2.25. The van der Waals surface area contributed by atoms with E-state index in [-0.39, 0.29) is 12.1 Å². The standard InChI is InChI=1S/C10H5F10N/c11-7(12,9(15,16)17)4-1-2-6(21)5(3-4)8(13,14)10(18,19)20/h1-3H,21H2. The summed E-state index contributed by atoms with van der Waals surface area (Å²) in [5, 5.41) is 0. The molecule has 1 nitrogen and oxygen atoms in total. The molecular formula is C10H5F10N. The Morgan fingerprint density at radius 2 is 1.10 bits per heavy atom. The second-order valence-electron chi connectivity index (χ2n) is 3.95. The van der Waals surface area contributed by atoms with E-state index in [1.165, 1.54) is 0 Å². The lowest BCUT2D eigenvalue weighted by Crippen LogP contribution is -2.36. The molecule has 21 heavy (non-hydrogen) atoms. The Morgan fingerprint density at radius 1 is 0.667 bits per heavy atom. The van der Waals surface area contributed by atoms with Crippen LogP contribution in [0.15, 0.2) is 18.2 Å². The van der Waals surface area contributed by atoms with Crippen LogP contribution in [-0.2, 0) is 11.8 Å². The van der Waals surface area contributed by atoms with Crippen LogP contribution in [0.25, 0.3) is 0 Å². The molecule has 11 heteroatoms. The highest BCUT2D eigenvalue weighted by molar-refractivity contribution is 5.52. The smallest absolute Gasteiger partial charge is 0.398 e. The molecule has 0 aromatic heterocycles. The lowest BCUT2D eigenvalue weighted by atomic mass is 9.99. The van der Waals surface area contributed by atoms with Gasteiger partial charge < -0.3 is 5.73 Å². The maximum absolute atomic E-state index is 13.1. The van der Waals surface area contributed by atoms with Crippen molar-refractivity contribution in [2.45, 2.75) is 24.2 Å². The van der Waals surface area contributed by atoms with Gasteiger partial charge in [-0.05, 0) is 12.1 Å². The Bertz CT molecular complexity index is 528. The van der Waals surface area contributed by atoms with Gasteiger partial charge in [0.15, 0.2) is 0 Å². The monoisotopic (exact) mass is 329 g/mol. The number of nitrogen functional groups attached to an aromatic ring is 1. The van der Waals surface area contributed by atoms with Crippen molar-refractivity contribution in [1.82, 2.24) is 0 Å². The third-order valence-electron chi connectivity index (χ3n) is 2.47. The van der Waals surface area contributed by atoms with Crippen LogP contribution in [-0.4, -0.2) is 12.4 Å². The van der Waals surface area contributed by atoms with Crippen molar-refractivity contribution >= 4 is 5.69 Å². The van der Waals surface area contributed by atoms with Crippen molar-refractivity contribution in [3.8, 4) is 0 Å². The number of hydrogen-bond acceptors (Lipinski definition) is 1. The first-order valence-electron chi connectivity index (χ1n) is 4.92. The second kappa shape index (κ2) is 4.67. The van der Waals surface area contributed by atoms with Crippen molar-refractivity contribution in [2.24, 2.45) is 0 Å². The fourth-order valence-corrected chi connectivity index (χ4v) is 1.34. The molecular weight excluding hydrogens is 324 g/mol. The molecule has 0 aliphatic carbocycles. The van der Waals surface area contributed by atoms with Gasteiger partial charge in [-0.15, -0.1) is 0 Å². The van der Waals surface area contributed by atoms with Crippen LogP contribution in [0, 0.1) is 0 Å². The van der Waals surface area contributed by atoms with E-state index in [2.05, 4.69) is 0 Å². The summed E-state index contributed by atoms with van der Waals surface area (Å²) >= 11 is 0. The van der Waals surface area contributed by atoms with Gasteiger partial charge in [0.1, 0.15) is 0 Å². The van der Waals surface area contributed by atoms with Gasteiger partial charge in [0.05, 0.1) is 5.56 Å². The molecule has 0 spiro atoms. The molecule has 0 amide bonds. The Morgan fingerprint density at radius 3 is 1.48 bits per heavy atom. The van der Waals surface area contributed by atoms with Gasteiger partial charge in [-0.2, -0.15) is 43.9 Å². The van der Waals surface area contributed by atoms with Gasteiger partial charge in [-0.1, -0.05) is 6.07 Å². The Labute approximate surface area is 110 Å². The number of rotatable bonds is 2. The number of nitrogens with two attached hydrogens (primary N) is 1. The average molecular weight is 329 g/mol. The summed E-state index contributed by atoms with van der Waals surface area (Å²) in [4.78, 5) is 0. The molecule has 0 fully saturated rings. The van der Waals surface area contributed by atoms with Crippen LogP contribution in [0.1, 0.15) is 11.1 Å². The Hall–Kier alpha value is -1.68. The minimum Gasteiger partial charge on any atom is -0.398 e. The summed E-state index contributed by atoms with van der Waals surface area (Å²) in [5.41, 5.74) is -0.683. The van der Waals surface area contributed by atoms with Crippen molar-refractivity contribution in [3.05, 3.63) is 29.3 Å². The third kappa shape index (κ3) is 2.86. The van der Waals surface area contributed by atoms with Gasteiger partial charge in [-0.3, -0.25) is 0 Å². The predicted octanol–water partition coefficient (Wildman–Crippen LogP) is 4.58. The van der Waals surface area contributed by atoms with E-state index in [1.807, 2.05) is 0 Å². The molecule has 0 bridgehead atoms. The SMILES string of the molecule is Nc1ccc(C(F)(F)C(F)(F)F)cc1C(F)(F)C(F)(F)F. The molecule has 1 aromatic carbocycles. The highest BCUT2D eigenvalue weighted by Gasteiger charge is 2.62. The highest BCUT2D eigenvalue weighted by atomic mass is 19.4. The maximum atomic E-state index is 13.1. The van der Waals surface area contributed by atoms with Gasteiger partial charge >= 0.3 is 24.2 Å². The first-order chi connectivity index (χ1) is 9.12. The van der Waals surface area contributed by atoms with Crippen LogP contribution in [0.3, 0.4) is 0 Å². The van der Waals surface area contributed by atoms with Gasteiger partial charge in [0.25, 0.3) is 0 Å². The zero-order valence-corrected chi connectivity index (χ0v) is 9.59. The molecule has 120 valence electrons. The predicted molar refractivity (Wildman–Crippen MR) is 50.8 cm³/mol. The zero-order chi connectivity index (χ0) is 16.9. The number of benzene rings is 1. The Kier molecular flexibility index (Phi) is 3.86. The van der Waals surface area contributed by atoms with Crippen LogP contribution in [0.5, 0.6) is 0 Å². The molecule has 0 heterocycles. The third-order valence-corrected chi connectivity index (χ3v) is 2.47. The fourth-order valence-electron chi connectivity index (χ4n) is 1.34. The van der Waals surface area contributed by atoms with E-state index in [4.69, 9.17) is 5.73 Å². The van der Waals surface area contributed by atoms with Crippen molar-refractivity contribution in [2.75, 3.05) is 5.73 Å². The molecule has 2 N–H and O–H groups in total. The van der Waals surface area contributed by atoms with E-state index in [0.717, 1.165) is 0 Å². The first-order valence-corrected chi connectivity index (χ1v) is 4.92. The van der Waals surface area contributed by atoms with Gasteiger partial charge in [-0.25, -0.2) is 0 Å². The van der Waals surface area contributed by atoms with Crippen LogP contribution >= 0.6 is 0 Å². The number of alkyl halides is 10. The molecule has 1 rings (SSSR count). The molecule has 0 saturated heterocycles. The molecule has 0 radical (unpaired) electrons. The van der Waals surface area contributed by atoms with Crippen molar-refractivity contribution < 1.29 is 43.9 Å². The molecule has 0 aliphatic heterocycles. The zero-order valence-electron chi connectivity index (χ0n) is 9.59. The molecule has 0 atom stereocenters. The van der Waals surface area contributed by atoms with Crippen molar-refractivity contribution in [1.29, 1.82) is 0 Å². The van der Waals surface area contributed by atoms with Crippen molar-refractivity contribution in [3.63, 3.8) is 0 Å². The summed E-state index contributed by atoms with van der Waals surface area (Å²) in [5.74, 6) is -11.3. The number of hydrogen-bond donors (Lipinski definition) is 1. The summed E-state index contributed by atoms with van der Waals surface area (Å²) in [6, 6.07) is -0.445. The summed E-state index contributed by atoms with van der Waals surface area (Å²) in [7, 11) is 0. The van der Waals surface area contributed by atoms with E-state index >= 15 is 0 Å². The van der Waals surface area contributed by atoms with Gasteiger partial charge in [0, 0.05) is 11.3 Å². The molecule has 0 saturated carbocycles. The largest absolute Gasteiger partial charge is 0.458 e. The Balaban J connectivity index is 3.50. The minimum atomic E-state index is -6.20. The van der Waals surface area contributed by atoms with E-state index in [9.17, 15) is 43.9 Å². The molecule has 0 unspecified atom stereocenters. The van der Waals surface area contributed by atoms with Gasteiger partial charge in [0.2, 0.25) is 0 Å². The lowest BCUT2D eigenvalue weighted by molar-refractivity contribution is -0.292. The van der Waals surface area contributed by atoms with E-state index in [1.54, 1.807) is 0 Å². The topological polar surface area (TPSA) is 26.0 Å². The summed E-state index contributed by atoms with van der Waals surface area (Å²) in [6.07, 6.45) is -12.4. The van der Waals surface area contributed by atoms with Crippen LogP contribution in [0.4, 0.5) is 49.6 Å². The quantitative estimate of drug-likeness (QED) is 0.624. The van der Waals surface area contributed by atoms with Crippen LogP contribution < -0.4 is 5.73 Å². The normalized spacial score (nSPS) is 14.4. The second-order valence-corrected chi connectivity index (χ2v) is 3.95. The highest BCUT2D eigenvalue weighted by Crippen LogP contribution is 2.49. The van der Waals surface area contributed by atoms with E-state index < -0.39 is 47.1 Å². The lowest BCUT2D eigenvalue weighted by Gasteiger charge is -2.24. The minimum absolute atomic E-state index is 0.0266. The number of anilines is 1. The fraction of sp³-hybridized carbons (Fsp3) is 0.400. The van der Waals surface area contributed by atoms with Crippen LogP contribution in [0.2, 0.25) is 0 Å². The number of halogens is 10.